The highest BCUT2D eigenvalue weighted by Gasteiger charge is 2.25. The van der Waals surface area contributed by atoms with Gasteiger partial charge in [-0.2, -0.15) is 0 Å². The van der Waals surface area contributed by atoms with Gasteiger partial charge < -0.3 is 28.5 Å². The molecule has 0 radical (unpaired) electrons. The maximum absolute atomic E-state index is 12.9. The fourth-order valence-electron chi connectivity index (χ4n) is 10.1. The average Bonchev–Trinajstić information content (AvgIpc) is 3.46. The van der Waals surface area contributed by atoms with Crippen LogP contribution in [0.4, 0.5) is 0 Å². The van der Waals surface area contributed by atoms with E-state index in [-0.39, 0.29) is 32.2 Å². The molecule has 482 valence electrons. The summed E-state index contributed by atoms with van der Waals surface area (Å²) in [5.41, 5.74) is 0. The second-order valence-corrected chi connectivity index (χ2v) is 24.8. The van der Waals surface area contributed by atoms with Gasteiger partial charge in [-0.25, -0.2) is 4.79 Å². The Bertz CT molecular complexity index is 1590. The first kappa shape index (κ1) is 79.7. The van der Waals surface area contributed by atoms with Gasteiger partial charge in [-0.3, -0.25) is 9.59 Å². The van der Waals surface area contributed by atoms with Crippen LogP contribution in [0.2, 0.25) is 0 Å². The number of unbranched alkanes of at least 4 members (excludes halogenated alkanes) is 38. The summed E-state index contributed by atoms with van der Waals surface area (Å²) in [5, 5.41) is 9.73. The van der Waals surface area contributed by atoms with Crippen molar-refractivity contribution in [3.05, 3.63) is 72.9 Å². The second kappa shape index (κ2) is 64.7. The van der Waals surface area contributed by atoms with E-state index in [0.717, 1.165) is 70.6 Å². The molecule has 0 aromatic carbocycles. The molecule has 0 aromatic rings. The van der Waals surface area contributed by atoms with Gasteiger partial charge in [0.2, 0.25) is 0 Å². The average molecular weight is 1170 g/mol. The highest BCUT2D eigenvalue weighted by atomic mass is 16.7. The summed E-state index contributed by atoms with van der Waals surface area (Å²) < 4.78 is 23.0. The number of allylic oxidation sites excluding steroid dienone is 12. The Labute approximate surface area is 513 Å². The third kappa shape index (κ3) is 66.1. The molecule has 9 heteroatoms. The van der Waals surface area contributed by atoms with E-state index < -0.39 is 24.3 Å². The van der Waals surface area contributed by atoms with E-state index in [1.807, 2.05) is 21.1 Å². The van der Waals surface area contributed by atoms with E-state index in [4.69, 9.17) is 18.9 Å². The number of likely N-dealkylation sites (N-methyl/N-ethyl adjacent to an activating group) is 1. The number of carbonyl (C=O) groups is 3. The first-order valence-corrected chi connectivity index (χ1v) is 35.1. The highest BCUT2D eigenvalue weighted by molar-refractivity contribution is 5.71. The first-order chi connectivity index (χ1) is 40.6. The van der Waals surface area contributed by atoms with Crippen LogP contribution in [0.3, 0.4) is 0 Å². The van der Waals surface area contributed by atoms with Crippen molar-refractivity contribution < 1.29 is 42.9 Å². The summed E-state index contributed by atoms with van der Waals surface area (Å²) in [7, 11) is 5.98. The number of aliphatic carboxylic acids is 1. The third-order valence-electron chi connectivity index (χ3n) is 15.4. The van der Waals surface area contributed by atoms with E-state index in [9.17, 15) is 19.5 Å². The van der Waals surface area contributed by atoms with Gasteiger partial charge >= 0.3 is 17.9 Å². The molecule has 0 fully saturated rings. The minimum absolute atomic E-state index is 0.182. The van der Waals surface area contributed by atoms with Crippen LogP contribution in [-0.2, 0) is 33.3 Å². The molecule has 0 aliphatic rings. The lowest BCUT2D eigenvalue weighted by Crippen LogP contribution is -2.40. The number of carbonyl (C=O) groups excluding carboxylic acids is 2. The standard InChI is InChI=1S/C74H133NO8/c1-6-8-10-12-14-16-18-20-22-24-26-27-28-29-30-31-32-33-34-35-36-37-38-39-40-41-42-43-44-45-47-49-51-53-55-57-59-61-63-65-72(77)83-70(69-82-74(73(78)79)80-67-66-75(3,4)5)68-81-71(76)64-62-60-58-56-54-52-50-48-46-25-23-21-19-17-15-13-11-9-7-2/h8,10,14-17,20-23,26-27,70,74H,6-7,9,11-13,18-19,24-25,28-69H2,1-5H3/p+1/b10-8-,16-14-,17-15-,22-20-,23-21-,27-26-. The van der Waals surface area contributed by atoms with Crippen molar-refractivity contribution in [3.8, 4) is 0 Å². The van der Waals surface area contributed by atoms with E-state index in [1.54, 1.807) is 0 Å². The van der Waals surface area contributed by atoms with Crippen molar-refractivity contribution in [2.75, 3.05) is 47.5 Å². The molecule has 0 saturated heterocycles. The van der Waals surface area contributed by atoms with Gasteiger partial charge in [-0.1, -0.05) is 299 Å². The van der Waals surface area contributed by atoms with E-state index in [0.29, 0.717) is 17.4 Å². The zero-order chi connectivity index (χ0) is 60.5. The van der Waals surface area contributed by atoms with Crippen molar-refractivity contribution in [1.29, 1.82) is 0 Å². The van der Waals surface area contributed by atoms with Crippen LogP contribution in [-0.4, -0.2) is 87.4 Å². The summed E-state index contributed by atoms with van der Waals surface area (Å²) in [6, 6.07) is 0. The van der Waals surface area contributed by atoms with Crippen LogP contribution < -0.4 is 0 Å². The number of hydrogen-bond donors (Lipinski definition) is 1. The fraction of sp³-hybridized carbons (Fsp3) is 0.797. The van der Waals surface area contributed by atoms with Gasteiger partial charge in [-0.05, 0) is 83.5 Å². The van der Waals surface area contributed by atoms with Gasteiger partial charge in [0.05, 0.1) is 34.4 Å². The van der Waals surface area contributed by atoms with Crippen molar-refractivity contribution in [2.24, 2.45) is 0 Å². The molecular formula is C74H134NO8+. The molecule has 0 bridgehead atoms. The Morgan fingerprint density at radius 3 is 1.02 bits per heavy atom. The van der Waals surface area contributed by atoms with Gasteiger partial charge in [0, 0.05) is 12.8 Å². The smallest absolute Gasteiger partial charge is 0.361 e. The lowest BCUT2D eigenvalue weighted by Gasteiger charge is -2.25. The molecule has 0 rings (SSSR count). The topological polar surface area (TPSA) is 108 Å². The Balaban J connectivity index is 3.98. The maximum atomic E-state index is 12.9. The molecule has 83 heavy (non-hydrogen) atoms. The van der Waals surface area contributed by atoms with Crippen LogP contribution in [0, 0.1) is 0 Å². The number of quaternary nitrogens is 1. The molecule has 0 spiro atoms. The molecule has 0 aliphatic heterocycles. The number of rotatable bonds is 65. The monoisotopic (exact) mass is 1170 g/mol. The maximum Gasteiger partial charge on any atom is 0.361 e. The Kier molecular flexibility index (Phi) is 62.2. The number of carboxylic acid groups (broad SMARTS) is 1. The minimum Gasteiger partial charge on any atom is -0.477 e. The SMILES string of the molecule is CC/C=C\C/C=C\C/C=C\C/C=C\CCCCCCCCCCCCCCCCCCCCCCCCCCCCC(=O)OC(COC(=O)CCCCCCCCCCC/C=C\C/C=C\CCCCC)COC(OCC[N+](C)(C)C)C(=O)O. The number of hydrogen-bond acceptors (Lipinski definition) is 7. The zero-order valence-corrected chi connectivity index (χ0v) is 55.1. The number of carboxylic acids is 1. The second-order valence-electron chi connectivity index (χ2n) is 24.8. The highest BCUT2D eigenvalue weighted by Crippen LogP contribution is 2.18. The summed E-state index contributed by atoms with van der Waals surface area (Å²) >= 11 is 0. The van der Waals surface area contributed by atoms with Crippen LogP contribution >= 0.6 is 0 Å². The molecule has 2 atom stereocenters. The lowest BCUT2D eigenvalue weighted by atomic mass is 10.0. The molecule has 0 heterocycles. The van der Waals surface area contributed by atoms with Crippen molar-refractivity contribution in [2.45, 2.75) is 334 Å². The number of ether oxygens (including phenoxy) is 4. The zero-order valence-electron chi connectivity index (χ0n) is 55.1. The Morgan fingerprint density at radius 1 is 0.373 bits per heavy atom. The number of nitrogens with zero attached hydrogens (tertiary/aromatic N) is 1. The van der Waals surface area contributed by atoms with Crippen molar-refractivity contribution in [3.63, 3.8) is 0 Å². The molecular weight excluding hydrogens is 1030 g/mol. The van der Waals surface area contributed by atoms with E-state index in [2.05, 4.69) is 86.8 Å². The van der Waals surface area contributed by atoms with Gasteiger partial charge in [0.1, 0.15) is 13.2 Å². The molecule has 0 aliphatic carbocycles. The largest absolute Gasteiger partial charge is 0.477 e. The predicted molar refractivity (Wildman–Crippen MR) is 355 cm³/mol. The van der Waals surface area contributed by atoms with Gasteiger partial charge in [0.15, 0.2) is 6.10 Å². The van der Waals surface area contributed by atoms with Crippen molar-refractivity contribution >= 4 is 17.9 Å². The lowest BCUT2D eigenvalue weighted by molar-refractivity contribution is -0.870. The first-order valence-electron chi connectivity index (χ1n) is 35.1. The molecule has 1 N–H and O–H groups in total. The Hall–Kier alpha value is -3.27. The summed E-state index contributed by atoms with van der Waals surface area (Å²) in [6.45, 7) is 4.77. The fourth-order valence-corrected chi connectivity index (χ4v) is 10.1. The molecule has 2 unspecified atom stereocenters. The van der Waals surface area contributed by atoms with E-state index >= 15 is 0 Å². The summed E-state index contributed by atoms with van der Waals surface area (Å²) in [6.07, 6.45) is 83.1. The van der Waals surface area contributed by atoms with Crippen LogP contribution in [0.5, 0.6) is 0 Å². The summed E-state index contributed by atoms with van der Waals surface area (Å²) in [5.74, 6) is -1.99. The van der Waals surface area contributed by atoms with Crippen LogP contribution in [0.15, 0.2) is 72.9 Å². The minimum atomic E-state index is -1.51. The molecule has 0 saturated carbocycles. The van der Waals surface area contributed by atoms with Crippen LogP contribution in [0.1, 0.15) is 322 Å². The Morgan fingerprint density at radius 2 is 0.687 bits per heavy atom. The predicted octanol–water partition coefficient (Wildman–Crippen LogP) is 21.7. The van der Waals surface area contributed by atoms with Gasteiger partial charge in [0.25, 0.3) is 6.29 Å². The molecule has 9 nitrogen and oxygen atoms in total. The third-order valence-corrected chi connectivity index (χ3v) is 15.4. The molecule has 0 amide bonds. The quantitative estimate of drug-likeness (QED) is 0.0211. The number of esters is 2. The normalized spacial score (nSPS) is 13.1. The van der Waals surface area contributed by atoms with E-state index in [1.165, 1.54) is 225 Å². The van der Waals surface area contributed by atoms with Crippen molar-refractivity contribution in [1.82, 2.24) is 0 Å². The molecule has 0 aromatic heterocycles. The summed E-state index contributed by atoms with van der Waals surface area (Å²) in [4.78, 5) is 37.6. The van der Waals surface area contributed by atoms with Crippen LogP contribution in [0.25, 0.3) is 0 Å². The van der Waals surface area contributed by atoms with Gasteiger partial charge in [-0.15, -0.1) is 0 Å².